The van der Waals surface area contributed by atoms with E-state index in [0.717, 1.165) is 20.9 Å². The average Bonchev–Trinajstić information content (AvgIpc) is 2.38. The minimum absolute atomic E-state index is 0.737. The Labute approximate surface area is 124 Å². The van der Waals surface area contributed by atoms with Crippen LogP contribution < -0.4 is 0 Å². The van der Waals surface area contributed by atoms with Gasteiger partial charge < -0.3 is 0 Å². The lowest BCUT2D eigenvalue weighted by Crippen LogP contribution is -2.50. The molecule has 0 aliphatic carbocycles. The summed E-state index contributed by atoms with van der Waals surface area (Å²) in [4.78, 5) is 0. The summed E-state index contributed by atoms with van der Waals surface area (Å²) in [6.45, 7) is 0. The standard InChI is InChI=1S/C16H28B2S/c1-5-13-6-2-10-15(9-1,17-13)19-16-11-3-7-14(18-16)8-4-12-16/h13-14,17-18H,1-12H2. The molecular formula is C16H28B2S. The van der Waals surface area contributed by atoms with Crippen LogP contribution in [0.25, 0.3) is 0 Å². The van der Waals surface area contributed by atoms with Crippen LogP contribution in [0, 0.1) is 0 Å². The zero-order chi connectivity index (χ0) is 12.8. The second-order valence-electron chi connectivity index (χ2n) is 8.18. The van der Waals surface area contributed by atoms with Crippen molar-refractivity contribution < 1.29 is 0 Å². The minimum Gasteiger partial charge on any atom is -0.166 e. The summed E-state index contributed by atoms with van der Waals surface area (Å²) in [5, 5.41) is 0. The molecule has 0 unspecified atom stereocenters. The molecule has 19 heavy (non-hydrogen) atoms. The Hall–Kier alpha value is 0.480. The van der Waals surface area contributed by atoms with Crippen molar-refractivity contribution in [3.63, 3.8) is 0 Å². The van der Waals surface area contributed by atoms with Crippen LogP contribution in [-0.2, 0) is 0 Å². The van der Waals surface area contributed by atoms with Crippen molar-refractivity contribution in [2.45, 2.75) is 98.0 Å². The molecule has 0 amide bonds. The third-order valence-electron chi connectivity index (χ3n) is 6.73. The number of rotatable bonds is 2. The first-order valence-corrected chi connectivity index (χ1v) is 9.80. The Bertz CT molecular complexity index is 292. The molecule has 104 valence electrons. The highest BCUT2D eigenvalue weighted by atomic mass is 32.2. The Kier molecular flexibility index (Phi) is 3.49. The van der Waals surface area contributed by atoms with Gasteiger partial charge in [-0.15, -0.1) is 0 Å². The summed E-state index contributed by atoms with van der Waals surface area (Å²) >= 11 is 2.55. The van der Waals surface area contributed by atoms with Crippen LogP contribution in [-0.4, -0.2) is 23.9 Å². The SMILES string of the molecule is B1C2CCCC1(SC13BC(CCC1)CCC3)CCC2. The van der Waals surface area contributed by atoms with E-state index in [0.29, 0.717) is 0 Å². The van der Waals surface area contributed by atoms with E-state index in [1.165, 1.54) is 25.7 Å². The minimum atomic E-state index is 0.737. The van der Waals surface area contributed by atoms with Crippen LogP contribution in [0.2, 0.25) is 11.6 Å². The van der Waals surface area contributed by atoms with Crippen LogP contribution in [0.5, 0.6) is 0 Å². The van der Waals surface area contributed by atoms with Crippen LogP contribution in [0.4, 0.5) is 0 Å². The van der Waals surface area contributed by atoms with Crippen molar-refractivity contribution in [2.24, 2.45) is 0 Å². The van der Waals surface area contributed by atoms with E-state index in [-0.39, 0.29) is 0 Å². The van der Waals surface area contributed by atoms with Crippen molar-refractivity contribution in [3.8, 4) is 0 Å². The van der Waals surface area contributed by atoms with Gasteiger partial charge >= 0.3 is 0 Å². The van der Waals surface area contributed by atoms with Crippen molar-refractivity contribution >= 4 is 26.3 Å². The van der Waals surface area contributed by atoms with Crippen LogP contribution in [0.15, 0.2) is 0 Å². The molecule has 0 aromatic rings. The van der Waals surface area contributed by atoms with Crippen molar-refractivity contribution in [1.82, 2.24) is 0 Å². The number of thioether (sulfide) groups is 1. The number of fused-ring (bicyclic) bond motifs is 4. The molecule has 4 bridgehead atoms. The van der Waals surface area contributed by atoms with Crippen LogP contribution >= 0.6 is 11.8 Å². The fourth-order valence-corrected chi connectivity index (χ4v) is 8.55. The van der Waals surface area contributed by atoms with E-state index in [2.05, 4.69) is 11.8 Å². The predicted octanol–water partition coefficient (Wildman–Crippen LogP) is 4.30. The highest BCUT2D eigenvalue weighted by Gasteiger charge is 2.49. The summed E-state index contributed by atoms with van der Waals surface area (Å²) < 4.78 is 1.47. The summed E-state index contributed by atoms with van der Waals surface area (Å²) in [7, 11) is 3.17. The van der Waals surface area contributed by atoms with E-state index in [9.17, 15) is 0 Å². The van der Waals surface area contributed by atoms with E-state index < -0.39 is 0 Å². The molecule has 0 saturated carbocycles. The first kappa shape index (κ1) is 13.2. The van der Waals surface area contributed by atoms with Crippen molar-refractivity contribution in [2.75, 3.05) is 0 Å². The summed E-state index contributed by atoms with van der Waals surface area (Å²) in [5.74, 6) is 2.21. The van der Waals surface area contributed by atoms with E-state index >= 15 is 0 Å². The summed E-state index contributed by atoms with van der Waals surface area (Å²) in [6.07, 6.45) is 18.6. The molecule has 4 saturated heterocycles. The molecule has 0 aromatic carbocycles. The van der Waals surface area contributed by atoms with Gasteiger partial charge in [0.05, 0.1) is 0 Å². The van der Waals surface area contributed by atoms with Gasteiger partial charge in [0.15, 0.2) is 0 Å². The van der Waals surface area contributed by atoms with E-state index in [4.69, 9.17) is 0 Å². The monoisotopic (exact) mass is 274 g/mol. The normalized spacial score (nSPS) is 49.1. The second kappa shape index (κ2) is 5.04. The fourth-order valence-electron chi connectivity index (χ4n) is 6.01. The van der Waals surface area contributed by atoms with Gasteiger partial charge in [-0.25, -0.2) is 0 Å². The molecular weight excluding hydrogens is 246 g/mol. The molecule has 0 aromatic heterocycles. The molecule has 4 rings (SSSR count). The largest absolute Gasteiger partial charge is 0.166 e. The molecule has 0 atom stereocenters. The molecule has 0 nitrogen and oxygen atoms in total. The molecule has 4 aliphatic rings. The van der Waals surface area contributed by atoms with Gasteiger partial charge in [-0.1, -0.05) is 63.0 Å². The zero-order valence-corrected chi connectivity index (χ0v) is 13.3. The second-order valence-corrected chi connectivity index (χ2v) is 10.1. The Balaban J connectivity index is 1.52. The Morgan fingerprint density at radius 3 is 1.37 bits per heavy atom. The third kappa shape index (κ3) is 2.54. The average molecular weight is 274 g/mol. The highest BCUT2D eigenvalue weighted by molar-refractivity contribution is 8.04. The van der Waals surface area contributed by atoms with E-state index in [1.807, 2.05) is 0 Å². The topological polar surface area (TPSA) is 0 Å². The maximum Gasteiger partial charge on any atom is 0.144 e. The first-order valence-electron chi connectivity index (χ1n) is 8.98. The lowest BCUT2D eigenvalue weighted by Gasteiger charge is -2.53. The van der Waals surface area contributed by atoms with E-state index in [1.54, 1.807) is 65.9 Å². The molecule has 0 N–H and O–H groups in total. The molecule has 4 fully saturated rings. The number of hydrogen-bond acceptors (Lipinski definition) is 1. The predicted molar refractivity (Wildman–Crippen MR) is 90.3 cm³/mol. The van der Waals surface area contributed by atoms with Gasteiger partial charge in [-0.2, -0.15) is 11.8 Å². The van der Waals surface area contributed by atoms with Gasteiger partial charge in [0.1, 0.15) is 14.6 Å². The van der Waals surface area contributed by atoms with Crippen LogP contribution in [0.1, 0.15) is 77.0 Å². The third-order valence-corrected chi connectivity index (χ3v) is 8.75. The van der Waals surface area contributed by atoms with Gasteiger partial charge in [0.2, 0.25) is 0 Å². The fraction of sp³-hybridized carbons (Fsp3) is 1.00. The van der Waals surface area contributed by atoms with Gasteiger partial charge in [-0.3, -0.25) is 0 Å². The molecule has 3 heteroatoms. The lowest BCUT2D eigenvalue weighted by molar-refractivity contribution is 0.417. The first-order chi connectivity index (χ1) is 9.28. The summed E-state index contributed by atoms with van der Waals surface area (Å²) in [5.41, 5.74) is 0. The van der Waals surface area contributed by atoms with Crippen molar-refractivity contribution in [3.05, 3.63) is 0 Å². The van der Waals surface area contributed by atoms with Crippen LogP contribution in [0.3, 0.4) is 0 Å². The molecule has 4 aliphatic heterocycles. The van der Waals surface area contributed by atoms with Gasteiger partial charge in [0, 0.05) is 0 Å². The maximum absolute atomic E-state index is 2.55. The van der Waals surface area contributed by atoms with Gasteiger partial charge in [-0.05, 0) is 35.0 Å². The molecule has 0 radical (unpaired) electrons. The van der Waals surface area contributed by atoms with Gasteiger partial charge in [0.25, 0.3) is 0 Å². The Morgan fingerprint density at radius 1 is 0.632 bits per heavy atom. The van der Waals surface area contributed by atoms with Crippen molar-refractivity contribution in [1.29, 1.82) is 0 Å². The quantitative estimate of drug-likeness (QED) is 0.676. The Morgan fingerprint density at radius 2 is 1.00 bits per heavy atom. The molecule has 4 heterocycles. The maximum atomic E-state index is 2.55. The number of hydrogen-bond donors (Lipinski definition) is 0. The molecule has 0 spiro atoms. The lowest BCUT2D eigenvalue weighted by atomic mass is 9.42. The summed E-state index contributed by atoms with van der Waals surface area (Å²) in [6, 6.07) is 0. The zero-order valence-electron chi connectivity index (χ0n) is 12.5. The highest BCUT2D eigenvalue weighted by Crippen LogP contribution is 2.57. The smallest absolute Gasteiger partial charge is 0.144 e.